The fourth-order valence-electron chi connectivity index (χ4n) is 1.71. The molecule has 5 nitrogen and oxygen atoms in total. The van der Waals surface area contributed by atoms with E-state index < -0.39 is 12.1 Å². The van der Waals surface area contributed by atoms with Crippen LogP contribution >= 0.6 is 0 Å². The number of hydrogen-bond donors (Lipinski definition) is 1. The number of hydrogen-bond acceptors (Lipinski definition) is 4. The predicted octanol–water partition coefficient (Wildman–Crippen LogP) is 2.31. The van der Waals surface area contributed by atoms with Gasteiger partial charge < -0.3 is 14.5 Å². The van der Waals surface area contributed by atoms with E-state index >= 15 is 0 Å². The molecular formula is C15H15NO4. The van der Waals surface area contributed by atoms with Crippen LogP contribution in [0.4, 0.5) is 0 Å². The number of furan rings is 1. The molecule has 5 heteroatoms. The molecule has 0 unspecified atom stereocenters. The molecule has 0 spiro atoms. The van der Waals surface area contributed by atoms with Gasteiger partial charge in [-0.15, -0.1) is 0 Å². The van der Waals surface area contributed by atoms with Crippen LogP contribution in [0.15, 0.2) is 53.3 Å². The highest BCUT2D eigenvalue weighted by Crippen LogP contribution is 2.18. The van der Waals surface area contributed by atoms with Gasteiger partial charge in [0.05, 0.1) is 18.4 Å². The monoisotopic (exact) mass is 273 g/mol. The van der Waals surface area contributed by atoms with Gasteiger partial charge in [0.15, 0.2) is 0 Å². The van der Waals surface area contributed by atoms with Crippen LogP contribution in [0, 0.1) is 0 Å². The summed E-state index contributed by atoms with van der Waals surface area (Å²) < 4.78 is 10.3. The lowest BCUT2D eigenvalue weighted by Crippen LogP contribution is -2.28. The molecule has 0 bridgehead atoms. The first kappa shape index (κ1) is 13.9. The third-order valence-corrected chi connectivity index (χ3v) is 2.71. The van der Waals surface area contributed by atoms with Crippen LogP contribution in [0.1, 0.15) is 28.9 Å². The number of benzene rings is 1. The SMILES string of the molecule is CC(=O)NC[C@H](OC(=O)c1ccoc1)c1ccccc1. The Morgan fingerprint density at radius 2 is 2.00 bits per heavy atom. The molecular weight excluding hydrogens is 258 g/mol. The van der Waals surface area contributed by atoms with Crippen molar-refractivity contribution in [1.82, 2.24) is 5.32 Å². The molecule has 0 saturated carbocycles. The number of ether oxygens (including phenoxy) is 1. The Labute approximate surface area is 116 Å². The van der Waals surface area contributed by atoms with E-state index in [9.17, 15) is 9.59 Å². The quantitative estimate of drug-likeness (QED) is 0.849. The van der Waals surface area contributed by atoms with E-state index in [4.69, 9.17) is 9.15 Å². The zero-order valence-corrected chi connectivity index (χ0v) is 11.0. The summed E-state index contributed by atoms with van der Waals surface area (Å²) in [6.45, 7) is 1.64. The summed E-state index contributed by atoms with van der Waals surface area (Å²) in [5.41, 5.74) is 1.16. The average molecular weight is 273 g/mol. The van der Waals surface area contributed by atoms with E-state index in [2.05, 4.69) is 5.32 Å². The summed E-state index contributed by atoms with van der Waals surface area (Å²) in [6, 6.07) is 10.8. The number of amides is 1. The molecule has 104 valence electrons. The Morgan fingerprint density at radius 1 is 1.25 bits per heavy atom. The topological polar surface area (TPSA) is 68.5 Å². The molecule has 2 rings (SSSR count). The van der Waals surface area contributed by atoms with Crippen molar-refractivity contribution >= 4 is 11.9 Å². The Bertz CT molecular complexity index is 563. The number of nitrogens with one attached hydrogen (secondary N) is 1. The molecule has 1 aromatic carbocycles. The minimum Gasteiger partial charge on any atom is -0.472 e. The maximum absolute atomic E-state index is 11.9. The van der Waals surface area contributed by atoms with Gasteiger partial charge in [-0.2, -0.15) is 0 Å². The smallest absolute Gasteiger partial charge is 0.342 e. The lowest BCUT2D eigenvalue weighted by molar-refractivity contribution is -0.119. The van der Waals surface area contributed by atoms with Crippen LogP contribution in [-0.4, -0.2) is 18.4 Å². The second-order valence-electron chi connectivity index (χ2n) is 4.25. The summed E-state index contributed by atoms with van der Waals surface area (Å²) in [5, 5.41) is 2.66. The normalized spacial score (nSPS) is 11.7. The number of rotatable bonds is 5. The second-order valence-corrected chi connectivity index (χ2v) is 4.25. The van der Waals surface area contributed by atoms with Crippen LogP contribution < -0.4 is 5.32 Å². The van der Waals surface area contributed by atoms with Gasteiger partial charge >= 0.3 is 5.97 Å². The zero-order chi connectivity index (χ0) is 14.4. The maximum Gasteiger partial charge on any atom is 0.342 e. The fourth-order valence-corrected chi connectivity index (χ4v) is 1.71. The van der Waals surface area contributed by atoms with Gasteiger partial charge in [-0.05, 0) is 11.6 Å². The molecule has 0 aliphatic rings. The molecule has 0 fully saturated rings. The molecule has 0 saturated heterocycles. The number of carbonyl (C=O) groups excluding carboxylic acids is 2. The molecule has 1 heterocycles. The summed E-state index contributed by atoms with van der Waals surface area (Å²) in [4.78, 5) is 23.0. The molecule has 20 heavy (non-hydrogen) atoms. The van der Waals surface area contributed by atoms with Crippen molar-refractivity contribution in [2.45, 2.75) is 13.0 Å². The highest BCUT2D eigenvalue weighted by Gasteiger charge is 2.18. The largest absolute Gasteiger partial charge is 0.472 e. The lowest BCUT2D eigenvalue weighted by atomic mass is 10.1. The molecule has 2 aromatic rings. The van der Waals surface area contributed by atoms with Crippen LogP contribution in [0.25, 0.3) is 0 Å². The Balaban J connectivity index is 2.10. The van der Waals surface area contributed by atoms with Crippen molar-refractivity contribution in [3.05, 3.63) is 60.1 Å². The van der Waals surface area contributed by atoms with Gasteiger partial charge in [0.2, 0.25) is 5.91 Å². The van der Waals surface area contributed by atoms with Crippen molar-refractivity contribution in [3.63, 3.8) is 0 Å². The second kappa shape index (κ2) is 6.56. The van der Waals surface area contributed by atoms with Crippen molar-refractivity contribution in [1.29, 1.82) is 0 Å². The highest BCUT2D eigenvalue weighted by atomic mass is 16.5. The minimum atomic E-state index is -0.539. The summed E-state index contributed by atoms with van der Waals surface area (Å²) in [7, 11) is 0. The summed E-state index contributed by atoms with van der Waals surface area (Å²) >= 11 is 0. The van der Waals surface area contributed by atoms with Crippen LogP contribution in [-0.2, 0) is 9.53 Å². The first-order valence-corrected chi connectivity index (χ1v) is 6.19. The Kier molecular flexibility index (Phi) is 4.55. The highest BCUT2D eigenvalue weighted by molar-refractivity contribution is 5.89. The van der Waals surface area contributed by atoms with Gasteiger partial charge in [-0.1, -0.05) is 30.3 Å². The minimum absolute atomic E-state index is 0.176. The molecule has 1 aromatic heterocycles. The van der Waals surface area contributed by atoms with E-state index in [0.717, 1.165) is 5.56 Å². The molecule has 0 radical (unpaired) electrons. The number of esters is 1. The average Bonchev–Trinajstić information content (AvgIpc) is 2.98. The standard InChI is InChI=1S/C15H15NO4/c1-11(17)16-9-14(12-5-3-2-4-6-12)20-15(18)13-7-8-19-10-13/h2-8,10,14H,9H2,1H3,(H,16,17)/t14-/m0/s1. The van der Waals surface area contributed by atoms with E-state index in [1.54, 1.807) is 0 Å². The van der Waals surface area contributed by atoms with E-state index in [1.165, 1.54) is 25.5 Å². The number of carbonyl (C=O) groups is 2. The summed E-state index contributed by atoms with van der Waals surface area (Å²) in [6.07, 6.45) is 2.19. The van der Waals surface area contributed by atoms with Gasteiger partial charge in [0.1, 0.15) is 12.4 Å². The van der Waals surface area contributed by atoms with Gasteiger partial charge in [-0.25, -0.2) is 4.79 Å². The third-order valence-electron chi connectivity index (χ3n) is 2.71. The molecule has 1 N–H and O–H groups in total. The van der Waals surface area contributed by atoms with E-state index in [0.29, 0.717) is 5.56 Å². The fraction of sp³-hybridized carbons (Fsp3) is 0.200. The van der Waals surface area contributed by atoms with Gasteiger partial charge in [0, 0.05) is 6.92 Å². The van der Waals surface area contributed by atoms with Crippen molar-refractivity contribution in [3.8, 4) is 0 Å². The Morgan fingerprint density at radius 3 is 2.60 bits per heavy atom. The predicted molar refractivity (Wildman–Crippen MR) is 72.0 cm³/mol. The molecule has 0 aliphatic carbocycles. The van der Waals surface area contributed by atoms with E-state index in [1.807, 2.05) is 30.3 Å². The molecule has 1 atom stereocenters. The first-order valence-electron chi connectivity index (χ1n) is 6.19. The lowest BCUT2D eigenvalue weighted by Gasteiger charge is -2.18. The third kappa shape index (κ3) is 3.71. The first-order chi connectivity index (χ1) is 9.66. The zero-order valence-electron chi connectivity index (χ0n) is 11.0. The molecule has 0 aliphatic heterocycles. The van der Waals surface area contributed by atoms with Crippen molar-refractivity contribution < 1.29 is 18.7 Å². The maximum atomic E-state index is 11.9. The van der Waals surface area contributed by atoms with Crippen LogP contribution in [0.2, 0.25) is 0 Å². The summed E-state index contributed by atoms with van der Waals surface area (Å²) in [5.74, 6) is -0.664. The van der Waals surface area contributed by atoms with E-state index in [-0.39, 0.29) is 12.5 Å². The Hall–Kier alpha value is -2.56. The molecule has 1 amide bonds. The van der Waals surface area contributed by atoms with Crippen LogP contribution in [0.5, 0.6) is 0 Å². The van der Waals surface area contributed by atoms with Gasteiger partial charge in [-0.3, -0.25) is 4.79 Å². The van der Waals surface area contributed by atoms with Gasteiger partial charge in [0.25, 0.3) is 0 Å². The van der Waals surface area contributed by atoms with Crippen LogP contribution in [0.3, 0.4) is 0 Å². The van der Waals surface area contributed by atoms with Crippen molar-refractivity contribution in [2.24, 2.45) is 0 Å². The van der Waals surface area contributed by atoms with Crippen molar-refractivity contribution in [2.75, 3.05) is 6.54 Å².